The lowest BCUT2D eigenvalue weighted by Crippen LogP contribution is -2.25. The Bertz CT molecular complexity index is 125. The second-order valence-electron chi connectivity index (χ2n) is 3.55. The average molecular weight is 125 g/mol. The summed E-state index contributed by atoms with van der Waals surface area (Å²) in [5, 5.41) is 0. The molecule has 0 aromatic carbocycles. The minimum Gasteiger partial charge on any atom is -0.324 e. The summed E-state index contributed by atoms with van der Waals surface area (Å²) in [6, 6.07) is 0.318. The summed E-state index contributed by atoms with van der Waals surface area (Å²) in [6.07, 6.45) is 6.71. The van der Waals surface area contributed by atoms with Crippen molar-refractivity contribution in [2.75, 3.05) is 0 Å². The third kappa shape index (κ3) is 1.83. The standard InChI is InChI=1S/C8H15N/c1-8(2)5-3-7(9)4-6-8/h3,5,7H,4,6,9H2,1-2H3/t7-/m1/s1. The molecule has 0 unspecified atom stereocenters. The summed E-state index contributed by atoms with van der Waals surface area (Å²) < 4.78 is 0. The van der Waals surface area contributed by atoms with Crippen LogP contribution >= 0.6 is 0 Å². The van der Waals surface area contributed by atoms with Crippen molar-refractivity contribution < 1.29 is 0 Å². The Labute approximate surface area is 56.9 Å². The molecule has 0 aromatic heterocycles. The van der Waals surface area contributed by atoms with Crippen molar-refractivity contribution in [1.82, 2.24) is 0 Å². The summed E-state index contributed by atoms with van der Waals surface area (Å²) in [4.78, 5) is 0. The van der Waals surface area contributed by atoms with Crippen molar-refractivity contribution in [2.24, 2.45) is 11.1 Å². The van der Waals surface area contributed by atoms with Crippen LogP contribution in [0.15, 0.2) is 12.2 Å². The number of nitrogens with two attached hydrogens (primary N) is 1. The summed E-state index contributed by atoms with van der Waals surface area (Å²) in [5.41, 5.74) is 6.07. The fourth-order valence-electron chi connectivity index (χ4n) is 1.10. The number of hydrogen-bond donors (Lipinski definition) is 1. The molecule has 0 spiro atoms. The molecule has 2 N–H and O–H groups in total. The maximum absolute atomic E-state index is 5.67. The monoisotopic (exact) mass is 125 g/mol. The van der Waals surface area contributed by atoms with Crippen LogP contribution in [0.2, 0.25) is 0 Å². The van der Waals surface area contributed by atoms with E-state index in [4.69, 9.17) is 5.73 Å². The van der Waals surface area contributed by atoms with Gasteiger partial charge >= 0.3 is 0 Å². The quantitative estimate of drug-likeness (QED) is 0.490. The smallest absolute Gasteiger partial charge is 0.0224 e. The molecule has 0 heterocycles. The Morgan fingerprint density at radius 2 is 2.22 bits per heavy atom. The van der Waals surface area contributed by atoms with Gasteiger partial charge in [0.15, 0.2) is 0 Å². The van der Waals surface area contributed by atoms with Gasteiger partial charge in [0.05, 0.1) is 0 Å². The van der Waals surface area contributed by atoms with Crippen LogP contribution in [0.4, 0.5) is 0 Å². The van der Waals surface area contributed by atoms with Crippen LogP contribution in [-0.2, 0) is 0 Å². The highest BCUT2D eigenvalue weighted by molar-refractivity contribution is 5.04. The first-order chi connectivity index (χ1) is 4.10. The van der Waals surface area contributed by atoms with E-state index in [0.717, 1.165) is 6.42 Å². The molecule has 0 amide bonds. The van der Waals surface area contributed by atoms with Crippen molar-refractivity contribution in [3.05, 3.63) is 12.2 Å². The zero-order chi connectivity index (χ0) is 6.91. The molecule has 1 nitrogen and oxygen atoms in total. The van der Waals surface area contributed by atoms with Gasteiger partial charge in [-0.2, -0.15) is 0 Å². The molecule has 0 bridgehead atoms. The van der Waals surface area contributed by atoms with Crippen molar-refractivity contribution in [3.8, 4) is 0 Å². The minimum atomic E-state index is 0.318. The molecule has 9 heavy (non-hydrogen) atoms. The summed E-state index contributed by atoms with van der Waals surface area (Å²) in [5.74, 6) is 0. The van der Waals surface area contributed by atoms with Gasteiger partial charge in [0.1, 0.15) is 0 Å². The Morgan fingerprint density at radius 1 is 1.56 bits per heavy atom. The van der Waals surface area contributed by atoms with E-state index in [1.54, 1.807) is 0 Å². The largest absolute Gasteiger partial charge is 0.324 e. The first-order valence-electron chi connectivity index (χ1n) is 3.55. The highest BCUT2D eigenvalue weighted by Crippen LogP contribution is 2.28. The van der Waals surface area contributed by atoms with Crippen LogP contribution < -0.4 is 5.73 Å². The van der Waals surface area contributed by atoms with E-state index in [0.29, 0.717) is 11.5 Å². The van der Waals surface area contributed by atoms with Gasteiger partial charge in [0, 0.05) is 6.04 Å². The van der Waals surface area contributed by atoms with Crippen LogP contribution in [0.25, 0.3) is 0 Å². The van der Waals surface area contributed by atoms with Crippen molar-refractivity contribution in [2.45, 2.75) is 32.7 Å². The van der Waals surface area contributed by atoms with Crippen molar-refractivity contribution in [1.29, 1.82) is 0 Å². The highest BCUT2D eigenvalue weighted by atomic mass is 14.6. The molecule has 1 heteroatoms. The third-order valence-electron chi connectivity index (χ3n) is 1.92. The maximum atomic E-state index is 5.67. The van der Waals surface area contributed by atoms with E-state index in [9.17, 15) is 0 Å². The molecule has 1 aliphatic rings. The van der Waals surface area contributed by atoms with Gasteiger partial charge in [-0.3, -0.25) is 0 Å². The van der Waals surface area contributed by atoms with Crippen molar-refractivity contribution in [3.63, 3.8) is 0 Å². The van der Waals surface area contributed by atoms with Gasteiger partial charge < -0.3 is 5.73 Å². The predicted molar refractivity (Wildman–Crippen MR) is 40.1 cm³/mol. The lowest BCUT2D eigenvalue weighted by Gasteiger charge is -2.26. The van der Waals surface area contributed by atoms with Gasteiger partial charge in [0.2, 0.25) is 0 Å². The molecular weight excluding hydrogens is 110 g/mol. The van der Waals surface area contributed by atoms with Gasteiger partial charge in [-0.25, -0.2) is 0 Å². The van der Waals surface area contributed by atoms with Crippen LogP contribution in [0.5, 0.6) is 0 Å². The molecule has 0 aliphatic heterocycles. The summed E-state index contributed by atoms with van der Waals surface area (Å²) in [7, 11) is 0. The molecule has 1 rings (SSSR count). The fourth-order valence-corrected chi connectivity index (χ4v) is 1.10. The Morgan fingerprint density at radius 3 is 2.56 bits per heavy atom. The normalized spacial score (nSPS) is 32.6. The van der Waals surface area contributed by atoms with E-state index in [1.807, 2.05) is 0 Å². The van der Waals surface area contributed by atoms with Gasteiger partial charge in [-0.15, -0.1) is 0 Å². The first kappa shape index (κ1) is 6.81. The van der Waals surface area contributed by atoms with Crippen LogP contribution in [0.1, 0.15) is 26.7 Å². The van der Waals surface area contributed by atoms with Crippen LogP contribution in [0.3, 0.4) is 0 Å². The lowest BCUT2D eigenvalue weighted by molar-refractivity contribution is 0.389. The van der Waals surface area contributed by atoms with E-state index >= 15 is 0 Å². The Balaban J connectivity index is 2.58. The second kappa shape index (κ2) is 2.14. The molecule has 0 radical (unpaired) electrons. The zero-order valence-corrected chi connectivity index (χ0v) is 6.22. The number of allylic oxidation sites excluding steroid dienone is 1. The SMILES string of the molecule is CC1(C)C=C[C@@H](N)CC1. The molecule has 0 saturated carbocycles. The Kier molecular flexibility index (Phi) is 1.62. The third-order valence-corrected chi connectivity index (χ3v) is 1.92. The van der Waals surface area contributed by atoms with Gasteiger partial charge in [-0.05, 0) is 18.3 Å². The number of rotatable bonds is 0. The molecule has 52 valence electrons. The topological polar surface area (TPSA) is 26.0 Å². The number of hydrogen-bond acceptors (Lipinski definition) is 1. The molecule has 1 atom stereocenters. The van der Waals surface area contributed by atoms with E-state index < -0.39 is 0 Å². The van der Waals surface area contributed by atoms with E-state index in [-0.39, 0.29) is 0 Å². The maximum Gasteiger partial charge on any atom is 0.0224 e. The summed E-state index contributed by atoms with van der Waals surface area (Å²) in [6.45, 7) is 4.49. The van der Waals surface area contributed by atoms with Crippen LogP contribution in [-0.4, -0.2) is 6.04 Å². The van der Waals surface area contributed by atoms with E-state index in [2.05, 4.69) is 26.0 Å². The fraction of sp³-hybridized carbons (Fsp3) is 0.750. The van der Waals surface area contributed by atoms with Gasteiger partial charge in [-0.1, -0.05) is 26.0 Å². The van der Waals surface area contributed by atoms with Gasteiger partial charge in [0.25, 0.3) is 0 Å². The first-order valence-corrected chi connectivity index (χ1v) is 3.55. The lowest BCUT2D eigenvalue weighted by atomic mass is 9.82. The zero-order valence-electron chi connectivity index (χ0n) is 6.22. The van der Waals surface area contributed by atoms with Crippen LogP contribution in [0, 0.1) is 5.41 Å². The Hall–Kier alpha value is -0.300. The molecule has 0 saturated heterocycles. The van der Waals surface area contributed by atoms with Crippen molar-refractivity contribution >= 4 is 0 Å². The average Bonchev–Trinajstić information content (AvgIpc) is 1.78. The molecule has 1 aliphatic carbocycles. The molecular formula is C8H15N. The summed E-state index contributed by atoms with van der Waals surface area (Å²) >= 11 is 0. The minimum absolute atomic E-state index is 0.318. The van der Waals surface area contributed by atoms with E-state index in [1.165, 1.54) is 6.42 Å². The molecule has 0 aromatic rings. The highest BCUT2D eigenvalue weighted by Gasteiger charge is 2.18. The second-order valence-corrected chi connectivity index (χ2v) is 3.55. The molecule has 0 fully saturated rings. The predicted octanol–water partition coefficient (Wildman–Crippen LogP) is 1.69.